The summed E-state index contributed by atoms with van der Waals surface area (Å²) in [5.41, 5.74) is 4.30. The van der Waals surface area contributed by atoms with Gasteiger partial charge in [0.1, 0.15) is 12.2 Å². The van der Waals surface area contributed by atoms with E-state index in [1.807, 2.05) is 0 Å². The van der Waals surface area contributed by atoms with Crippen LogP contribution in [0.1, 0.15) is 13.2 Å². The number of aliphatic hydroxyl groups excluding tert-OH is 2. The summed E-state index contributed by atoms with van der Waals surface area (Å²) in [5, 5.41) is 19.3. The van der Waals surface area contributed by atoms with Crippen molar-refractivity contribution in [3.05, 3.63) is 22.5 Å². The van der Waals surface area contributed by atoms with Crippen molar-refractivity contribution in [3.8, 4) is 11.8 Å². The van der Waals surface area contributed by atoms with Gasteiger partial charge >= 0.3 is 5.69 Å². The number of ether oxygens (including phenoxy) is 1. The molecular formula is C12H13ClFN3O4. The molecule has 4 N–H and O–H groups in total. The molecule has 1 aromatic heterocycles. The number of nitrogens with two attached hydrogens (primary N) is 1. The van der Waals surface area contributed by atoms with E-state index in [9.17, 15) is 19.4 Å². The van der Waals surface area contributed by atoms with Crippen LogP contribution in [0, 0.1) is 17.7 Å². The number of alkyl halides is 1. The number of halogens is 2. The first kappa shape index (κ1) is 15.7. The Morgan fingerprint density at radius 2 is 2.38 bits per heavy atom. The molecule has 0 saturated carbocycles. The zero-order valence-electron chi connectivity index (χ0n) is 11.0. The van der Waals surface area contributed by atoms with E-state index in [0.717, 1.165) is 10.8 Å². The number of anilines is 1. The van der Waals surface area contributed by atoms with Crippen molar-refractivity contribution in [1.29, 1.82) is 0 Å². The van der Waals surface area contributed by atoms with Gasteiger partial charge in [-0.15, -0.1) is 5.92 Å². The lowest BCUT2D eigenvalue weighted by Crippen LogP contribution is -2.43. The van der Waals surface area contributed by atoms with Gasteiger partial charge in [-0.2, -0.15) is 4.98 Å². The Bertz CT molecular complexity index is 671. The zero-order chi connectivity index (χ0) is 15.8. The molecule has 4 atom stereocenters. The topological polar surface area (TPSA) is 111 Å². The molecule has 0 radical (unpaired) electrons. The molecule has 0 spiro atoms. The van der Waals surface area contributed by atoms with Crippen LogP contribution in [-0.2, 0) is 4.74 Å². The summed E-state index contributed by atoms with van der Waals surface area (Å²) in [7, 11) is 0. The van der Waals surface area contributed by atoms with E-state index >= 15 is 0 Å². The smallest absolute Gasteiger partial charge is 0.351 e. The van der Waals surface area contributed by atoms with Crippen LogP contribution in [-0.4, -0.2) is 43.5 Å². The maximum atomic E-state index is 13.5. The van der Waals surface area contributed by atoms with Crippen LogP contribution >= 0.6 is 11.6 Å². The van der Waals surface area contributed by atoms with Crippen molar-refractivity contribution < 1.29 is 19.3 Å². The number of aromatic nitrogens is 2. The Morgan fingerprint density at radius 1 is 1.71 bits per heavy atom. The van der Waals surface area contributed by atoms with Crippen LogP contribution < -0.4 is 11.4 Å². The molecular weight excluding hydrogens is 305 g/mol. The molecule has 1 fully saturated rings. The van der Waals surface area contributed by atoms with E-state index in [1.165, 1.54) is 6.92 Å². The van der Waals surface area contributed by atoms with Crippen molar-refractivity contribution in [2.45, 2.75) is 30.2 Å². The van der Waals surface area contributed by atoms with Crippen molar-refractivity contribution in [3.63, 3.8) is 0 Å². The second-order valence-electron chi connectivity index (χ2n) is 4.46. The second-order valence-corrected chi connectivity index (χ2v) is 5.09. The van der Waals surface area contributed by atoms with E-state index in [2.05, 4.69) is 16.8 Å². The molecule has 1 aliphatic rings. The first-order chi connectivity index (χ1) is 9.85. The lowest BCUT2D eigenvalue weighted by Gasteiger charge is -2.25. The molecule has 21 heavy (non-hydrogen) atoms. The maximum absolute atomic E-state index is 13.5. The molecule has 1 aliphatic heterocycles. The fourth-order valence-corrected chi connectivity index (χ4v) is 2.51. The molecule has 0 aromatic carbocycles. The van der Waals surface area contributed by atoms with E-state index in [1.54, 1.807) is 0 Å². The third-order valence-electron chi connectivity index (χ3n) is 3.13. The third kappa shape index (κ3) is 2.49. The predicted molar refractivity (Wildman–Crippen MR) is 71.9 cm³/mol. The number of nitrogen functional groups attached to an aromatic ring is 1. The second kappa shape index (κ2) is 5.61. The summed E-state index contributed by atoms with van der Waals surface area (Å²) in [6.45, 7) is 0.932. The van der Waals surface area contributed by atoms with E-state index < -0.39 is 47.2 Å². The third-order valence-corrected chi connectivity index (χ3v) is 3.63. The Balaban J connectivity index is 2.58. The summed E-state index contributed by atoms with van der Waals surface area (Å²) in [6.07, 6.45) is -3.00. The van der Waals surface area contributed by atoms with Crippen molar-refractivity contribution in [2.24, 2.45) is 0 Å². The SMILES string of the molecule is CC#CC1(Cl)[C@@H](O)[C@@H](CO)O[C@H]1n1cc(F)c(N)nc1=O. The van der Waals surface area contributed by atoms with Gasteiger partial charge in [-0.1, -0.05) is 17.5 Å². The fourth-order valence-electron chi connectivity index (χ4n) is 2.12. The van der Waals surface area contributed by atoms with Crippen molar-refractivity contribution in [2.75, 3.05) is 12.3 Å². The first-order valence-electron chi connectivity index (χ1n) is 5.96. The van der Waals surface area contributed by atoms with Gasteiger partial charge in [0.15, 0.2) is 22.7 Å². The van der Waals surface area contributed by atoms with Gasteiger partial charge < -0.3 is 20.7 Å². The lowest BCUT2D eigenvalue weighted by atomic mass is 9.99. The Labute approximate surface area is 124 Å². The minimum Gasteiger partial charge on any atom is -0.394 e. The lowest BCUT2D eigenvalue weighted by molar-refractivity contribution is -0.0467. The van der Waals surface area contributed by atoms with E-state index in [-0.39, 0.29) is 0 Å². The average molecular weight is 318 g/mol. The van der Waals surface area contributed by atoms with Crippen LogP contribution in [0.5, 0.6) is 0 Å². The molecule has 2 heterocycles. The number of nitrogens with zero attached hydrogens (tertiary/aromatic N) is 2. The van der Waals surface area contributed by atoms with E-state index in [4.69, 9.17) is 22.1 Å². The van der Waals surface area contributed by atoms with Gasteiger partial charge in [0, 0.05) is 0 Å². The number of aliphatic hydroxyl groups is 2. The molecule has 0 bridgehead atoms. The van der Waals surface area contributed by atoms with Crippen molar-refractivity contribution in [1.82, 2.24) is 9.55 Å². The molecule has 0 aliphatic carbocycles. The van der Waals surface area contributed by atoms with Crippen LogP contribution in [0.25, 0.3) is 0 Å². The fraction of sp³-hybridized carbons (Fsp3) is 0.500. The minimum atomic E-state index is -1.73. The number of rotatable bonds is 2. The summed E-state index contributed by atoms with van der Waals surface area (Å²) in [5.74, 6) is 3.54. The molecule has 1 saturated heterocycles. The summed E-state index contributed by atoms with van der Waals surface area (Å²) in [6, 6.07) is 0. The molecule has 1 unspecified atom stereocenters. The summed E-state index contributed by atoms with van der Waals surface area (Å²) < 4.78 is 19.6. The highest BCUT2D eigenvalue weighted by Gasteiger charge is 2.55. The van der Waals surface area contributed by atoms with Gasteiger partial charge in [0.25, 0.3) is 0 Å². The van der Waals surface area contributed by atoms with Gasteiger partial charge in [0.05, 0.1) is 12.8 Å². The highest BCUT2D eigenvalue weighted by Crippen LogP contribution is 2.42. The van der Waals surface area contributed by atoms with Crippen LogP contribution in [0.2, 0.25) is 0 Å². The summed E-state index contributed by atoms with van der Waals surface area (Å²) >= 11 is 6.26. The highest BCUT2D eigenvalue weighted by atomic mass is 35.5. The molecule has 9 heteroatoms. The van der Waals surface area contributed by atoms with Crippen LogP contribution in [0.15, 0.2) is 11.0 Å². The Kier molecular flexibility index (Phi) is 4.20. The normalized spacial score (nSPS) is 31.8. The van der Waals surface area contributed by atoms with Gasteiger partial charge in [0.2, 0.25) is 0 Å². The summed E-state index contributed by atoms with van der Waals surface area (Å²) in [4.78, 5) is 13.4. The highest BCUT2D eigenvalue weighted by molar-refractivity contribution is 6.27. The Morgan fingerprint density at radius 3 is 2.95 bits per heavy atom. The quantitative estimate of drug-likeness (QED) is 0.487. The van der Waals surface area contributed by atoms with E-state index in [0.29, 0.717) is 0 Å². The molecule has 2 rings (SSSR count). The standard InChI is InChI=1S/C12H13ClFN3O4/c1-2-3-12(13)8(19)7(5-18)21-10(12)17-4-6(14)9(15)16-11(17)20/h4,7-8,10,18-19H,5H2,1H3,(H2,15,16,20)/t7-,8+,10-,12?/m1/s1. The molecule has 0 amide bonds. The monoisotopic (exact) mass is 317 g/mol. The number of hydrogen-bond donors (Lipinski definition) is 3. The zero-order valence-corrected chi connectivity index (χ0v) is 11.7. The molecule has 1 aromatic rings. The van der Waals surface area contributed by atoms with Crippen LogP contribution in [0.3, 0.4) is 0 Å². The predicted octanol–water partition coefficient (Wildman–Crippen LogP) is -0.784. The first-order valence-corrected chi connectivity index (χ1v) is 6.34. The van der Waals surface area contributed by atoms with Gasteiger partial charge in [-0.25, -0.2) is 9.18 Å². The minimum absolute atomic E-state index is 0.544. The maximum Gasteiger partial charge on any atom is 0.351 e. The Hall–Kier alpha value is -1.66. The van der Waals surface area contributed by atoms with Gasteiger partial charge in [-0.3, -0.25) is 4.57 Å². The van der Waals surface area contributed by atoms with Gasteiger partial charge in [-0.05, 0) is 6.92 Å². The van der Waals surface area contributed by atoms with Crippen molar-refractivity contribution >= 4 is 17.4 Å². The molecule has 114 valence electrons. The molecule has 7 nitrogen and oxygen atoms in total. The number of hydrogen-bond acceptors (Lipinski definition) is 6. The average Bonchev–Trinajstić information content (AvgIpc) is 2.67. The van der Waals surface area contributed by atoms with Crippen LogP contribution in [0.4, 0.5) is 10.2 Å². The largest absolute Gasteiger partial charge is 0.394 e.